The zero-order valence-electron chi connectivity index (χ0n) is 16.2. The summed E-state index contributed by atoms with van der Waals surface area (Å²) in [5.74, 6) is 6.12. The van der Waals surface area contributed by atoms with Crippen LogP contribution in [0.3, 0.4) is 0 Å². The molecule has 8 rings (SSSR count). The minimum Gasteiger partial charge on any atom is -0.325 e. The Morgan fingerprint density at radius 2 is 0.704 bits per heavy atom. The van der Waals surface area contributed by atoms with Crippen LogP contribution in [0.1, 0.15) is 77.0 Å². The molecule has 0 saturated heterocycles. The van der Waals surface area contributed by atoms with E-state index in [9.17, 15) is 0 Å². The number of rotatable bonds is 0. The number of nitrogens with two attached hydrogens (primary N) is 2. The SMILES string of the molecule is NC12CC3CC(CC(C3)C1)C2.NC12CC3CC(CC(C3)C1)C2.O=S(=O)(O)O. The topological polar surface area (TPSA) is 127 Å². The van der Waals surface area contributed by atoms with Crippen molar-refractivity contribution in [3.05, 3.63) is 0 Å². The first-order valence-electron chi connectivity index (χ1n) is 10.7. The summed E-state index contributed by atoms with van der Waals surface area (Å²) in [5, 5.41) is 0. The quantitative estimate of drug-likeness (QED) is 0.463. The van der Waals surface area contributed by atoms with Crippen LogP contribution in [0.5, 0.6) is 0 Å². The molecule has 0 heterocycles. The Balaban J connectivity index is 0.000000108. The average Bonchev–Trinajstić information content (AvgIpc) is 2.40. The molecular weight excluding hydrogens is 364 g/mol. The number of hydrogen-bond donors (Lipinski definition) is 4. The third-order valence-corrected chi connectivity index (χ3v) is 8.17. The van der Waals surface area contributed by atoms with Gasteiger partial charge < -0.3 is 11.5 Å². The Bertz CT molecular complexity index is 542. The number of hydrogen-bond acceptors (Lipinski definition) is 4. The predicted octanol–water partition coefficient (Wildman–Crippen LogP) is 3.18. The summed E-state index contributed by atoms with van der Waals surface area (Å²) >= 11 is 0. The van der Waals surface area contributed by atoms with Gasteiger partial charge in [-0.05, 0) is 113 Å². The highest BCUT2D eigenvalue weighted by Crippen LogP contribution is 2.55. The van der Waals surface area contributed by atoms with Gasteiger partial charge >= 0.3 is 10.4 Å². The molecule has 0 radical (unpaired) electrons. The summed E-state index contributed by atoms with van der Waals surface area (Å²) < 4.78 is 31.6. The van der Waals surface area contributed by atoms with Gasteiger partial charge in [0.2, 0.25) is 0 Å². The van der Waals surface area contributed by atoms with Gasteiger partial charge in [-0.3, -0.25) is 9.11 Å². The zero-order valence-corrected chi connectivity index (χ0v) is 17.0. The standard InChI is InChI=1S/2C10H17N.H2O4S/c2*11-10-4-7-1-8(5-10)3-9(2-7)6-10;1-5(2,3)4/h2*7-9H,1-6,11H2;(H2,1,2,3,4). The van der Waals surface area contributed by atoms with Crippen molar-refractivity contribution in [2.75, 3.05) is 0 Å². The van der Waals surface area contributed by atoms with Crippen molar-refractivity contribution in [3.63, 3.8) is 0 Å². The fourth-order valence-corrected chi connectivity index (χ4v) is 8.36. The summed E-state index contributed by atoms with van der Waals surface area (Å²) in [6.07, 6.45) is 17.1. The molecule has 0 unspecified atom stereocenters. The summed E-state index contributed by atoms with van der Waals surface area (Å²) in [5.41, 5.74) is 13.2. The molecule has 0 aliphatic heterocycles. The maximum absolute atomic E-state index is 8.74. The third kappa shape index (κ3) is 5.04. The van der Waals surface area contributed by atoms with Gasteiger partial charge in [-0.2, -0.15) is 8.42 Å². The molecule has 27 heavy (non-hydrogen) atoms. The van der Waals surface area contributed by atoms with Crippen LogP contribution < -0.4 is 11.5 Å². The van der Waals surface area contributed by atoms with Gasteiger partial charge in [-0.25, -0.2) is 0 Å². The Hall–Kier alpha value is -0.210. The molecule has 0 spiro atoms. The molecule has 0 amide bonds. The van der Waals surface area contributed by atoms with Crippen LogP contribution in [0.4, 0.5) is 0 Å². The summed E-state index contributed by atoms with van der Waals surface area (Å²) in [7, 11) is -4.67. The molecule has 6 nitrogen and oxygen atoms in total. The van der Waals surface area contributed by atoms with Crippen molar-refractivity contribution in [2.24, 2.45) is 47.0 Å². The molecule has 7 heteroatoms. The monoisotopic (exact) mass is 400 g/mol. The Morgan fingerprint density at radius 1 is 0.556 bits per heavy atom. The first-order valence-corrected chi connectivity index (χ1v) is 12.1. The Kier molecular flexibility index (Phi) is 5.16. The largest absolute Gasteiger partial charge is 0.394 e. The van der Waals surface area contributed by atoms with Gasteiger partial charge in [0.1, 0.15) is 0 Å². The van der Waals surface area contributed by atoms with Gasteiger partial charge in [0.15, 0.2) is 0 Å². The van der Waals surface area contributed by atoms with E-state index in [4.69, 9.17) is 29.0 Å². The summed E-state index contributed by atoms with van der Waals surface area (Å²) in [6.45, 7) is 0. The molecule has 0 aromatic carbocycles. The summed E-state index contributed by atoms with van der Waals surface area (Å²) in [4.78, 5) is 0. The van der Waals surface area contributed by atoms with E-state index in [0.717, 1.165) is 35.5 Å². The van der Waals surface area contributed by atoms with Crippen molar-refractivity contribution >= 4 is 10.4 Å². The van der Waals surface area contributed by atoms with E-state index in [2.05, 4.69) is 0 Å². The van der Waals surface area contributed by atoms with Crippen molar-refractivity contribution in [1.82, 2.24) is 0 Å². The van der Waals surface area contributed by atoms with E-state index >= 15 is 0 Å². The maximum atomic E-state index is 8.74. The Labute approximate surface area is 163 Å². The third-order valence-electron chi connectivity index (χ3n) is 8.17. The van der Waals surface area contributed by atoms with Gasteiger partial charge in [0.05, 0.1) is 0 Å². The summed E-state index contributed by atoms with van der Waals surface area (Å²) in [6, 6.07) is 0. The lowest BCUT2D eigenvalue weighted by Gasteiger charge is -2.55. The lowest BCUT2D eigenvalue weighted by Crippen LogP contribution is -2.55. The van der Waals surface area contributed by atoms with E-state index in [1.165, 1.54) is 77.0 Å². The molecule has 8 bridgehead atoms. The van der Waals surface area contributed by atoms with Crippen LogP contribution in [0.25, 0.3) is 0 Å². The van der Waals surface area contributed by atoms with Crippen molar-refractivity contribution < 1.29 is 17.5 Å². The molecule has 0 aromatic rings. The van der Waals surface area contributed by atoms with Crippen LogP contribution in [0.2, 0.25) is 0 Å². The van der Waals surface area contributed by atoms with Crippen molar-refractivity contribution in [2.45, 2.75) is 88.1 Å². The lowest BCUT2D eigenvalue weighted by atomic mass is 9.53. The molecule has 156 valence electrons. The predicted molar refractivity (Wildman–Crippen MR) is 104 cm³/mol. The van der Waals surface area contributed by atoms with Crippen molar-refractivity contribution in [1.29, 1.82) is 0 Å². The van der Waals surface area contributed by atoms with Crippen LogP contribution in [0.15, 0.2) is 0 Å². The van der Waals surface area contributed by atoms with E-state index < -0.39 is 10.4 Å². The zero-order chi connectivity index (χ0) is 19.4. The van der Waals surface area contributed by atoms with Gasteiger partial charge in [-0.15, -0.1) is 0 Å². The van der Waals surface area contributed by atoms with Crippen LogP contribution in [0, 0.1) is 35.5 Å². The average molecular weight is 401 g/mol. The van der Waals surface area contributed by atoms with Crippen LogP contribution in [-0.4, -0.2) is 28.6 Å². The molecular formula is C20H36N2O4S. The Morgan fingerprint density at radius 3 is 0.815 bits per heavy atom. The molecule has 8 saturated carbocycles. The second-order valence-electron chi connectivity index (χ2n) is 11.0. The molecule has 0 aromatic heterocycles. The van der Waals surface area contributed by atoms with Gasteiger partial charge in [-0.1, -0.05) is 0 Å². The lowest BCUT2D eigenvalue weighted by molar-refractivity contribution is 0.000167. The normalized spacial score (nSPS) is 51.3. The first kappa shape index (κ1) is 20.1. The van der Waals surface area contributed by atoms with Gasteiger partial charge in [0.25, 0.3) is 0 Å². The molecule has 6 N–H and O–H groups in total. The van der Waals surface area contributed by atoms with Crippen LogP contribution >= 0.6 is 0 Å². The highest BCUT2D eigenvalue weighted by molar-refractivity contribution is 7.79. The van der Waals surface area contributed by atoms with Crippen molar-refractivity contribution in [3.8, 4) is 0 Å². The fraction of sp³-hybridized carbons (Fsp3) is 1.00. The highest BCUT2D eigenvalue weighted by atomic mass is 32.3. The van der Waals surface area contributed by atoms with Gasteiger partial charge in [0, 0.05) is 11.1 Å². The fourth-order valence-electron chi connectivity index (χ4n) is 8.36. The van der Waals surface area contributed by atoms with Crippen LogP contribution in [-0.2, 0) is 10.4 Å². The smallest absolute Gasteiger partial charge is 0.325 e. The molecule has 8 fully saturated rings. The van der Waals surface area contributed by atoms with E-state index in [-0.39, 0.29) is 0 Å². The van der Waals surface area contributed by atoms with E-state index in [1.54, 1.807) is 0 Å². The molecule has 8 aliphatic carbocycles. The molecule has 0 atom stereocenters. The highest BCUT2D eigenvalue weighted by Gasteiger charge is 2.49. The van der Waals surface area contributed by atoms with E-state index in [1.807, 2.05) is 0 Å². The second-order valence-corrected chi connectivity index (χ2v) is 11.9. The minimum absolute atomic E-state index is 0.300. The van der Waals surface area contributed by atoms with E-state index in [0.29, 0.717) is 11.1 Å². The first-order chi connectivity index (χ1) is 12.5. The minimum atomic E-state index is -4.67. The molecule has 8 aliphatic rings. The second kappa shape index (κ2) is 6.94. The maximum Gasteiger partial charge on any atom is 0.394 e.